The Balaban J connectivity index is 1.40. The molecule has 0 aliphatic heterocycles. The average molecular weight is 454 g/mol. The molecule has 1 heterocycles. The fraction of sp³-hybridized carbons (Fsp3) is 0.0714. The Kier molecular flexibility index (Phi) is 5.71. The van der Waals surface area contributed by atoms with Gasteiger partial charge in [0.25, 0.3) is 10.0 Å². The molecule has 0 N–H and O–H groups in total. The monoisotopic (exact) mass is 453 g/mol. The van der Waals surface area contributed by atoms with E-state index < -0.39 is 10.0 Å². The summed E-state index contributed by atoms with van der Waals surface area (Å²) in [6, 6.07) is 34.4. The summed E-state index contributed by atoms with van der Waals surface area (Å²) >= 11 is 0. The molecule has 164 valence electrons. The van der Waals surface area contributed by atoms with Gasteiger partial charge in [-0.25, -0.2) is 12.4 Å². The van der Waals surface area contributed by atoms with Crippen molar-refractivity contribution >= 4 is 20.9 Å². The lowest BCUT2D eigenvalue weighted by molar-refractivity contribution is 0.303. The van der Waals surface area contributed by atoms with Crippen molar-refractivity contribution in [1.82, 2.24) is 3.97 Å². The van der Waals surface area contributed by atoms with Gasteiger partial charge in [0.1, 0.15) is 12.4 Å². The highest BCUT2D eigenvalue weighted by Gasteiger charge is 2.18. The summed E-state index contributed by atoms with van der Waals surface area (Å²) in [6.07, 6.45) is 2.31. The van der Waals surface area contributed by atoms with Gasteiger partial charge in [0.2, 0.25) is 0 Å². The van der Waals surface area contributed by atoms with Gasteiger partial charge in [-0.05, 0) is 53.1 Å². The summed E-state index contributed by atoms with van der Waals surface area (Å²) < 4.78 is 33.6. The molecule has 0 amide bonds. The zero-order valence-electron chi connectivity index (χ0n) is 18.0. The van der Waals surface area contributed by atoms with Gasteiger partial charge < -0.3 is 4.74 Å². The Bertz CT molecular complexity index is 1490. The number of aromatic nitrogens is 1. The fourth-order valence-corrected chi connectivity index (χ4v) is 5.31. The van der Waals surface area contributed by atoms with Crippen LogP contribution < -0.4 is 4.74 Å². The summed E-state index contributed by atoms with van der Waals surface area (Å²) in [4.78, 5) is 0.274. The Labute approximate surface area is 193 Å². The van der Waals surface area contributed by atoms with Crippen LogP contribution in [0.2, 0.25) is 0 Å². The molecule has 0 atom stereocenters. The van der Waals surface area contributed by atoms with E-state index in [0.29, 0.717) is 18.5 Å². The predicted molar refractivity (Wildman–Crippen MR) is 131 cm³/mol. The molecule has 5 aromatic rings. The van der Waals surface area contributed by atoms with Crippen molar-refractivity contribution in [2.24, 2.45) is 0 Å². The molecule has 5 heteroatoms. The second kappa shape index (κ2) is 8.96. The number of hydrogen-bond donors (Lipinski definition) is 0. The maximum atomic E-state index is 13.1. The van der Waals surface area contributed by atoms with Gasteiger partial charge in [-0.3, -0.25) is 0 Å². The number of rotatable bonds is 7. The van der Waals surface area contributed by atoms with E-state index in [4.69, 9.17) is 4.74 Å². The van der Waals surface area contributed by atoms with E-state index in [0.717, 1.165) is 27.8 Å². The van der Waals surface area contributed by atoms with Crippen molar-refractivity contribution in [3.05, 3.63) is 132 Å². The van der Waals surface area contributed by atoms with E-state index in [2.05, 4.69) is 6.07 Å². The zero-order chi connectivity index (χ0) is 22.7. The van der Waals surface area contributed by atoms with Crippen LogP contribution in [-0.4, -0.2) is 12.4 Å². The normalized spacial score (nSPS) is 11.5. The minimum atomic E-state index is -3.64. The summed E-state index contributed by atoms with van der Waals surface area (Å²) in [5.41, 5.74) is 3.96. The minimum absolute atomic E-state index is 0.274. The van der Waals surface area contributed by atoms with Crippen LogP contribution in [0.15, 0.2) is 120 Å². The standard InChI is InChI=1S/C28H23NO3S/c30-33(31,26-12-5-2-6-13-26)29-18-17-24-19-23(15-16-27(24)29)20-25-11-7-8-14-28(25)32-21-22-9-3-1-4-10-22/h1-19H,20-21H2. The highest BCUT2D eigenvalue weighted by atomic mass is 32.2. The summed E-state index contributed by atoms with van der Waals surface area (Å²) in [6.45, 7) is 0.511. The van der Waals surface area contributed by atoms with Crippen molar-refractivity contribution in [1.29, 1.82) is 0 Å². The first-order valence-corrected chi connectivity index (χ1v) is 12.2. The van der Waals surface area contributed by atoms with Gasteiger partial charge in [-0.2, -0.15) is 0 Å². The highest BCUT2D eigenvalue weighted by Crippen LogP contribution is 2.27. The molecule has 0 radical (unpaired) electrons. The third-order valence-electron chi connectivity index (χ3n) is 5.62. The van der Waals surface area contributed by atoms with Crippen LogP contribution in [0.3, 0.4) is 0 Å². The Hall–Kier alpha value is -3.83. The summed E-state index contributed by atoms with van der Waals surface area (Å²) in [5, 5.41) is 0.884. The topological polar surface area (TPSA) is 48.3 Å². The fourth-order valence-electron chi connectivity index (χ4n) is 3.94. The molecule has 0 aliphatic carbocycles. The first-order chi connectivity index (χ1) is 16.1. The molecule has 0 saturated heterocycles. The van der Waals surface area contributed by atoms with E-state index in [1.165, 1.54) is 3.97 Å². The second-order valence-electron chi connectivity index (χ2n) is 7.88. The van der Waals surface area contributed by atoms with Gasteiger partial charge >= 0.3 is 0 Å². The molecular weight excluding hydrogens is 430 g/mol. The van der Waals surface area contributed by atoms with Gasteiger partial charge in [0.05, 0.1) is 10.4 Å². The lowest BCUT2D eigenvalue weighted by Crippen LogP contribution is -2.11. The lowest BCUT2D eigenvalue weighted by Gasteiger charge is -2.12. The van der Waals surface area contributed by atoms with Crippen LogP contribution in [0.5, 0.6) is 5.75 Å². The molecule has 0 fully saturated rings. The number of hydrogen-bond acceptors (Lipinski definition) is 3. The molecule has 0 saturated carbocycles. The number of ether oxygens (including phenoxy) is 1. The smallest absolute Gasteiger partial charge is 0.268 e. The summed E-state index contributed by atoms with van der Waals surface area (Å²) in [5.74, 6) is 0.852. The van der Waals surface area contributed by atoms with Crippen LogP contribution in [0, 0.1) is 0 Å². The maximum absolute atomic E-state index is 13.1. The molecule has 0 bridgehead atoms. The largest absolute Gasteiger partial charge is 0.489 e. The van der Waals surface area contributed by atoms with Gasteiger partial charge in [0.15, 0.2) is 0 Å². The minimum Gasteiger partial charge on any atom is -0.489 e. The van der Waals surface area contributed by atoms with Gasteiger partial charge in [-0.15, -0.1) is 0 Å². The third-order valence-corrected chi connectivity index (χ3v) is 7.33. The highest BCUT2D eigenvalue weighted by molar-refractivity contribution is 7.90. The Morgan fingerprint density at radius 2 is 1.39 bits per heavy atom. The van der Waals surface area contributed by atoms with E-state index in [1.54, 1.807) is 36.5 Å². The van der Waals surface area contributed by atoms with E-state index in [9.17, 15) is 8.42 Å². The van der Waals surface area contributed by atoms with E-state index in [1.807, 2.05) is 72.8 Å². The van der Waals surface area contributed by atoms with Crippen LogP contribution >= 0.6 is 0 Å². The number of nitrogens with zero attached hydrogens (tertiary/aromatic N) is 1. The molecule has 0 spiro atoms. The molecule has 0 unspecified atom stereocenters. The van der Waals surface area contributed by atoms with Crippen molar-refractivity contribution in [2.75, 3.05) is 0 Å². The second-order valence-corrected chi connectivity index (χ2v) is 9.70. The van der Waals surface area contributed by atoms with Crippen molar-refractivity contribution < 1.29 is 13.2 Å². The quantitative estimate of drug-likeness (QED) is 0.301. The van der Waals surface area contributed by atoms with Crippen molar-refractivity contribution in [3.8, 4) is 5.75 Å². The number of benzene rings is 4. The number of para-hydroxylation sites is 1. The van der Waals surface area contributed by atoms with Crippen molar-refractivity contribution in [2.45, 2.75) is 17.9 Å². The summed E-state index contributed by atoms with van der Waals surface area (Å²) in [7, 11) is -3.64. The Morgan fingerprint density at radius 3 is 2.18 bits per heavy atom. The SMILES string of the molecule is O=S(=O)(c1ccccc1)n1ccc2cc(Cc3ccccc3OCc3ccccc3)ccc21. The molecule has 4 nitrogen and oxygen atoms in total. The first kappa shape index (κ1) is 21.0. The molecule has 5 rings (SSSR count). The molecular formula is C28H23NO3S. The third kappa shape index (κ3) is 4.41. The molecule has 1 aromatic heterocycles. The first-order valence-electron chi connectivity index (χ1n) is 10.8. The lowest BCUT2D eigenvalue weighted by atomic mass is 10.0. The van der Waals surface area contributed by atoms with Gasteiger partial charge in [0, 0.05) is 18.0 Å². The molecule has 0 aliphatic rings. The zero-order valence-corrected chi connectivity index (χ0v) is 18.8. The predicted octanol–water partition coefficient (Wildman–Crippen LogP) is 6.05. The van der Waals surface area contributed by atoms with Crippen LogP contribution in [-0.2, 0) is 23.1 Å². The van der Waals surface area contributed by atoms with Gasteiger partial charge in [-0.1, -0.05) is 72.8 Å². The number of fused-ring (bicyclic) bond motifs is 1. The average Bonchev–Trinajstić information content (AvgIpc) is 3.29. The van der Waals surface area contributed by atoms with Crippen molar-refractivity contribution in [3.63, 3.8) is 0 Å². The van der Waals surface area contributed by atoms with Crippen LogP contribution in [0.4, 0.5) is 0 Å². The Morgan fingerprint density at radius 1 is 0.697 bits per heavy atom. The van der Waals surface area contributed by atoms with Crippen LogP contribution in [0.25, 0.3) is 10.9 Å². The van der Waals surface area contributed by atoms with E-state index in [-0.39, 0.29) is 4.90 Å². The maximum Gasteiger partial charge on any atom is 0.268 e. The molecule has 33 heavy (non-hydrogen) atoms. The van der Waals surface area contributed by atoms with E-state index >= 15 is 0 Å². The molecule has 4 aromatic carbocycles. The van der Waals surface area contributed by atoms with Crippen LogP contribution in [0.1, 0.15) is 16.7 Å².